The molecule has 1 saturated carbocycles. The Bertz CT molecular complexity index is 956. The van der Waals surface area contributed by atoms with Gasteiger partial charge in [-0.3, -0.25) is 9.10 Å². The van der Waals surface area contributed by atoms with Crippen molar-refractivity contribution in [3.63, 3.8) is 0 Å². The summed E-state index contributed by atoms with van der Waals surface area (Å²) in [4.78, 5) is 12.4. The summed E-state index contributed by atoms with van der Waals surface area (Å²) in [5.74, 6) is -0.547. The molecular formula is C20H21F3N2O3S. The van der Waals surface area contributed by atoms with Crippen LogP contribution < -0.4 is 9.62 Å². The van der Waals surface area contributed by atoms with Gasteiger partial charge in [0.15, 0.2) is 0 Å². The zero-order chi connectivity index (χ0) is 21.1. The van der Waals surface area contributed by atoms with Gasteiger partial charge in [0.05, 0.1) is 16.1 Å². The summed E-state index contributed by atoms with van der Waals surface area (Å²) in [6.45, 7) is -0.602. The Kier molecular flexibility index (Phi) is 6.16. The highest BCUT2D eigenvalue weighted by Crippen LogP contribution is 2.33. The number of hydrogen-bond donors (Lipinski definition) is 1. The van der Waals surface area contributed by atoms with Crippen molar-refractivity contribution in [3.05, 3.63) is 60.2 Å². The first-order valence-corrected chi connectivity index (χ1v) is 10.7. The van der Waals surface area contributed by atoms with E-state index in [1.54, 1.807) is 6.07 Å². The normalized spacial score (nSPS) is 15.3. The maximum absolute atomic E-state index is 13.1. The maximum atomic E-state index is 13.1. The van der Waals surface area contributed by atoms with Crippen molar-refractivity contribution in [2.24, 2.45) is 0 Å². The Morgan fingerprint density at radius 3 is 2.31 bits per heavy atom. The molecule has 1 aliphatic carbocycles. The average molecular weight is 426 g/mol. The number of carbonyl (C=O) groups is 1. The molecular weight excluding hydrogens is 405 g/mol. The molecule has 156 valence electrons. The largest absolute Gasteiger partial charge is 0.416 e. The first-order valence-electron chi connectivity index (χ1n) is 9.22. The number of benzene rings is 2. The average Bonchev–Trinajstić information content (AvgIpc) is 3.19. The van der Waals surface area contributed by atoms with E-state index in [-0.39, 0.29) is 16.6 Å². The van der Waals surface area contributed by atoms with Gasteiger partial charge < -0.3 is 5.32 Å². The van der Waals surface area contributed by atoms with Crippen molar-refractivity contribution in [2.45, 2.75) is 42.8 Å². The van der Waals surface area contributed by atoms with Crippen molar-refractivity contribution in [3.8, 4) is 0 Å². The van der Waals surface area contributed by atoms with Crippen LogP contribution in [0.4, 0.5) is 18.9 Å². The number of sulfonamides is 1. The third kappa shape index (κ3) is 5.09. The van der Waals surface area contributed by atoms with E-state index >= 15 is 0 Å². The van der Waals surface area contributed by atoms with Crippen LogP contribution in [0.25, 0.3) is 0 Å². The summed E-state index contributed by atoms with van der Waals surface area (Å²) in [5.41, 5.74) is -1.20. The van der Waals surface area contributed by atoms with E-state index in [0.29, 0.717) is 0 Å². The molecule has 29 heavy (non-hydrogen) atoms. The third-order valence-electron chi connectivity index (χ3n) is 4.80. The fourth-order valence-corrected chi connectivity index (χ4v) is 4.78. The predicted molar refractivity (Wildman–Crippen MR) is 103 cm³/mol. The molecule has 0 aromatic heterocycles. The van der Waals surface area contributed by atoms with Crippen LogP contribution in [0.5, 0.6) is 0 Å². The molecule has 0 radical (unpaired) electrons. The molecule has 0 spiro atoms. The Hall–Kier alpha value is -2.55. The number of amides is 1. The van der Waals surface area contributed by atoms with Crippen LogP contribution in [0.2, 0.25) is 0 Å². The molecule has 5 nitrogen and oxygen atoms in total. The third-order valence-corrected chi connectivity index (χ3v) is 6.59. The Morgan fingerprint density at radius 2 is 1.69 bits per heavy atom. The summed E-state index contributed by atoms with van der Waals surface area (Å²) in [7, 11) is -4.24. The number of alkyl halides is 3. The minimum Gasteiger partial charge on any atom is -0.352 e. The smallest absolute Gasteiger partial charge is 0.352 e. The number of carbonyl (C=O) groups excluding carboxylic acids is 1. The van der Waals surface area contributed by atoms with Gasteiger partial charge in [-0.15, -0.1) is 0 Å². The predicted octanol–water partition coefficient (Wildman–Crippen LogP) is 3.96. The SMILES string of the molecule is O=C(CN(c1cccc(C(F)(F)F)c1)S(=O)(=O)c1ccccc1)NC1CCCC1. The van der Waals surface area contributed by atoms with Gasteiger partial charge in [0.25, 0.3) is 10.0 Å². The van der Waals surface area contributed by atoms with E-state index in [4.69, 9.17) is 0 Å². The van der Waals surface area contributed by atoms with Crippen LogP contribution in [0.3, 0.4) is 0 Å². The molecule has 1 fully saturated rings. The molecule has 0 atom stereocenters. The molecule has 1 aliphatic rings. The summed E-state index contributed by atoms with van der Waals surface area (Å²) < 4.78 is 66.4. The standard InChI is InChI=1S/C20H21F3N2O3S/c21-20(22,23)15-7-6-10-17(13-15)25(14-19(26)24-16-8-4-5-9-16)29(27,28)18-11-2-1-3-12-18/h1-3,6-7,10-13,16H,4-5,8-9,14H2,(H,24,26). The lowest BCUT2D eigenvalue weighted by molar-refractivity contribution is -0.137. The zero-order valence-corrected chi connectivity index (χ0v) is 16.3. The Labute approximate surface area is 167 Å². The lowest BCUT2D eigenvalue weighted by atomic mass is 10.2. The highest BCUT2D eigenvalue weighted by molar-refractivity contribution is 7.92. The summed E-state index contributed by atoms with van der Waals surface area (Å²) in [6.07, 6.45) is -1.07. The summed E-state index contributed by atoms with van der Waals surface area (Å²) in [5, 5.41) is 2.78. The van der Waals surface area contributed by atoms with E-state index in [1.165, 1.54) is 30.3 Å². The molecule has 0 saturated heterocycles. The fraction of sp³-hybridized carbons (Fsp3) is 0.350. The number of nitrogens with zero attached hydrogens (tertiary/aromatic N) is 1. The number of hydrogen-bond acceptors (Lipinski definition) is 3. The monoisotopic (exact) mass is 426 g/mol. The number of nitrogens with one attached hydrogen (secondary N) is 1. The van der Waals surface area contributed by atoms with E-state index in [1.807, 2.05) is 0 Å². The molecule has 2 aromatic rings. The van der Waals surface area contributed by atoms with Gasteiger partial charge in [-0.05, 0) is 43.2 Å². The van der Waals surface area contributed by atoms with Gasteiger partial charge in [0.1, 0.15) is 6.54 Å². The van der Waals surface area contributed by atoms with Crippen molar-refractivity contribution >= 4 is 21.6 Å². The van der Waals surface area contributed by atoms with Crippen molar-refractivity contribution < 1.29 is 26.4 Å². The Balaban J connectivity index is 1.96. The van der Waals surface area contributed by atoms with Gasteiger partial charge in [-0.1, -0.05) is 37.1 Å². The van der Waals surface area contributed by atoms with Crippen LogP contribution >= 0.6 is 0 Å². The van der Waals surface area contributed by atoms with Gasteiger partial charge in [0.2, 0.25) is 5.91 Å². The van der Waals surface area contributed by atoms with Gasteiger partial charge in [0, 0.05) is 6.04 Å². The van der Waals surface area contributed by atoms with E-state index in [0.717, 1.165) is 48.2 Å². The molecule has 3 rings (SSSR count). The maximum Gasteiger partial charge on any atom is 0.416 e. The lowest BCUT2D eigenvalue weighted by Crippen LogP contribution is -2.43. The molecule has 1 amide bonds. The minimum absolute atomic E-state index is 0.0368. The van der Waals surface area contributed by atoms with E-state index in [9.17, 15) is 26.4 Å². The molecule has 0 aliphatic heterocycles. The van der Waals surface area contributed by atoms with Crippen molar-refractivity contribution in [2.75, 3.05) is 10.8 Å². The fourth-order valence-electron chi connectivity index (χ4n) is 3.35. The second-order valence-corrected chi connectivity index (χ2v) is 8.78. The van der Waals surface area contributed by atoms with E-state index < -0.39 is 34.2 Å². The quantitative estimate of drug-likeness (QED) is 0.761. The van der Waals surface area contributed by atoms with E-state index in [2.05, 4.69) is 5.32 Å². The van der Waals surface area contributed by atoms with Crippen LogP contribution in [0.1, 0.15) is 31.2 Å². The highest BCUT2D eigenvalue weighted by Gasteiger charge is 2.33. The molecule has 1 N–H and O–H groups in total. The summed E-state index contributed by atoms with van der Waals surface area (Å²) in [6, 6.07) is 11.3. The first kappa shape index (κ1) is 21.2. The lowest BCUT2D eigenvalue weighted by Gasteiger charge is -2.25. The second-order valence-electron chi connectivity index (χ2n) is 6.92. The number of halogens is 3. The summed E-state index contributed by atoms with van der Waals surface area (Å²) >= 11 is 0. The van der Waals surface area contributed by atoms with Crippen LogP contribution in [0, 0.1) is 0 Å². The number of rotatable bonds is 6. The Morgan fingerprint density at radius 1 is 1.03 bits per heavy atom. The van der Waals surface area contributed by atoms with Gasteiger partial charge in [-0.25, -0.2) is 8.42 Å². The van der Waals surface area contributed by atoms with Crippen molar-refractivity contribution in [1.29, 1.82) is 0 Å². The van der Waals surface area contributed by atoms with Gasteiger partial charge in [-0.2, -0.15) is 13.2 Å². The van der Waals surface area contributed by atoms with Crippen LogP contribution in [-0.2, 0) is 21.0 Å². The molecule has 9 heteroatoms. The minimum atomic E-state index is -4.63. The van der Waals surface area contributed by atoms with Crippen LogP contribution in [0.15, 0.2) is 59.5 Å². The number of anilines is 1. The second kappa shape index (κ2) is 8.44. The van der Waals surface area contributed by atoms with Crippen molar-refractivity contribution in [1.82, 2.24) is 5.32 Å². The molecule has 0 heterocycles. The van der Waals surface area contributed by atoms with Crippen LogP contribution in [-0.4, -0.2) is 26.9 Å². The zero-order valence-electron chi connectivity index (χ0n) is 15.5. The molecule has 2 aromatic carbocycles. The first-order chi connectivity index (χ1) is 13.7. The molecule has 0 bridgehead atoms. The highest BCUT2D eigenvalue weighted by atomic mass is 32.2. The topological polar surface area (TPSA) is 66.5 Å². The van der Waals surface area contributed by atoms with Gasteiger partial charge >= 0.3 is 6.18 Å². The molecule has 0 unspecified atom stereocenters.